The lowest BCUT2D eigenvalue weighted by Crippen LogP contribution is -2.40. The molecular weight excluding hydrogens is 200 g/mol. The third-order valence-corrected chi connectivity index (χ3v) is 2.99. The van der Waals surface area contributed by atoms with Crippen LogP contribution < -0.4 is 5.73 Å². The van der Waals surface area contributed by atoms with Crippen LogP contribution in [0.3, 0.4) is 0 Å². The molecular formula is C13H20N2O. The zero-order valence-corrected chi connectivity index (χ0v) is 9.86. The monoisotopic (exact) mass is 220 g/mol. The zero-order chi connectivity index (χ0) is 11.4. The van der Waals surface area contributed by atoms with Gasteiger partial charge in [-0.1, -0.05) is 24.3 Å². The lowest BCUT2D eigenvalue weighted by Gasteiger charge is -2.31. The molecule has 1 aromatic carbocycles. The number of morpholine rings is 1. The smallest absolute Gasteiger partial charge is 0.0674 e. The van der Waals surface area contributed by atoms with E-state index in [2.05, 4.69) is 36.1 Å². The van der Waals surface area contributed by atoms with Crippen LogP contribution in [0.5, 0.6) is 0 Å². The van der Waals surface area contributed by atoms with Gasteiger partial charge in [0, 0.05) is 26.2 Å². The maximum Gasteiger partial charge on any atom is 0.0674 e. The molecule has 1 aliphatic rings. The van der Waals surface area contributed by atoms with Crippen molar-refractivity contribution >= 4 is 0 Å². The van der Waals surface area contributed by atoms with Crippen molar-refractivity contribution in [3.8, 4) is 0 Å². The minimum Gasteiger partial charge on any atom is -0.376 e. The first kappa shape index (κ1) is 11.6. The first-order valence-corrected chi connectivity index (χ1v) is 5.90. The van der Waals surface area contributed by atoms with Crippen LogP contribution in [-0.2, 0) is 17.8 Å². The summed E-state index contributed by atoms with van der Waals surface area (Å²) in [6.45, 7) is 6.67. The van der Waals surface area contributed by atoms with Gasteiger partial charge in [-0.15, -0.1) is 0 Å². The van der Waals surface area contributed by atoms with Crippen LogP contribution in [-0.4, -0.2) is 30.7 Å². The SMILES string of the molecule is CC1CN(Cc2ccc(CN)cc2)CCO1. The van der Waals surface area contributed by atoms with E-state index in [1.165, 1.54) is 11.1 Å². The molecule has 1 fully saturated rings. The summed E-state index contributed by atoms with van der Waals surface area (Å²) in [7, 11) is 0. The molecule has 0 amide bonds. The molecule has 3 nitrogen and oxygen atoms in total. The van der Waals surface area contributed by atoms with Gasteiger partial charge in [0.2, 0.25) is 0 Å². The summed E-state index contributed by atoms with van der Waals surface area (Å²) < 4.78 is 5.52. The third kappa shape index (κ3) is 3.04. The number of hydrogen-bond acceptors (Lipinski definition) is 3. The first-order valence-electron chi connectivity index (χ1n) is 5.90. The summed E-state index contributed by atoms with van der Waals surface area (Å²) in [4.78, 5) is 2.44. The molecule has 16 heavy (non-hydrogen) atoms. The van der Waals surface area contributed by atoms with Crippen LogP contribution in [0.15, 0.2) is 24.3 Å². The van der Waals surface area contributed by atoms with E-state index in [0.717, 1.165) is 26.2 Å². The molecule has 1 unspecified atom stereocenters. The lowest BCUT2D eigenvalue weighted by atomic mass is 10.1. The number of rotatable bonds is 3. The van der Waals surface area contributed by atoms with Gasteiger partial charge >= 0.3 is 0 Å². The van der Waals surface area contributed by atoms with E-state index < -0.39 is 0 Å². The van der Waals surface area contributed by atoms with E-state index in [-0.39, 0.29) is 0 Å². The lowest BCUT2D eigenvalue weighted by molar-refractivity contribution is -0.0212. The highest BCUT2D eigenvalue weighted by atomic mass is 16.5. The van der Waals surface area contributed by atoms with Crippen LogP contribution >= 0.6 is 0 Å². The maximum absolute atomic E-state index is 5.58. The van der Waals surface area contributed by atoms with E-state index in [9.17, 15) is 0 Å². The van der Waals surface area contributed by atoms with Crippen LogP contribution in [0.4, 0.5) is 0 Å². The molecule has 0 aliphatic carbocycles. The topological polar surface area (TPSA) is 38.5 Å². The second kappa shape index (κ2) is 5.43. The number of nitrogens with zero attached hydrogens (tertiary/aromatic N) is 1. The Hall–Kier alpha value is -0.900. The number of hydrogen-bond donors (Lipinski definition) is 1. The van der Waals surface area contributed by atoms with E-state index >= 15 is 0 Å². The van der Waals surface area contributed by atoms with Gasteiger partial charge in [-0.3, -0.25) is 4.90 Å². The zero-order valence-electron chi connectivity index (χ0n) is 9.86. The van der Waals surface area contributed by atoms with Gasteiger partial charge in [0.15, 0.2) is 0 Å². The standard InChI is InChI=1S/C13H20N2O/c1-11-9-15(6-7-16-11)10-13-4-2-12(8-14)3-5-13/h2-5,11H,6-10,14H2,1H3. The Labute approximate surface area is 97.2 Å². The van der Waals surface area contributed by atoms with E-state index in [0.29, 0.717) is 12.6 Å². The highest BCUT2D eigenvalue weighted by Crippen LogP contribution is 2.11. The van der Waals surface area contributed by atoms with Gasteiger partial charge in [0.25, 0.3) is 0 Å². The highest BCUT2D eigenvalue weighted by molar-refractivity contribution is 5.22. The number of ether oxygens (including phenoxy) is 1. The van der Waals surface area contributed by atoms with Crippen molar-refractivity contribution in [1.29, 1.82) is 0 Å². The van der Waals surface area contributed by atoms with Gasteiger partial charge in [-0.25, -0.2) is 0 Å². The molecule has 88 valence electrons. The van der Waals surface area contributed by atoms with Gasteiger partial charge in [0.1, 0.15) is 0 Å². The summed E-state index contributed by atoms with van der Waals surface area (Å²) in [6.07, 6.45) is 0.358. The highest BCUT2D eigenvalue weighted by Gasteiger charge is 2.16. The van der Waals surface area contributed by atoms with Crippen molar-refractivity contribution in [2.45, 2.75) is 26.1 Å². The maximum atomic E-state index is 5.58. The van der Waals surface area contributed by atoms with Gasteiger partial charge in [-0.2, -0.15) is 0 Å². The molecule has 0 aromatic heterocycles. The summed E-state index contributed by atoms with van der Waals surface area (Å²) in [5.74, 6) is 0. The Morgan fingerprint density at radius 2 is 2.00 bits per heavy atom. The second-order valence-electron chi connectivity index (χ2n) is 4.44. The molecule has 1 atom stereocenters. The summed E-state index contributed by atoms with van der Waals surface area (Å²) in [5.41, 5.74) is 8.12. The van der Waals surface area contributed by atoms with E-state index in [4.69, 9.17) is 10.5 Å². The fraction of sp³-hybridized carbons (Fsp3) is 0.538. The number of nitrogens with two attached hydrogens (primary N) is 1. The molecule has 1 aliphatic heterocycles. The third-order valence-electron chi connectivity index (χ3n) is 2.99. The van der Waals surface area contributed by atoms with Gasteiger partial charge in [-0.05, 0) is 18.1 Å². The molecule has 0 spiro atoms. The minimum atomic E-state index is 0.358. The molecule has 1 aromatic rings. The quantitative estimate of drug-likeness (QED) is 0.836. The van der Waals surface area contributed by atoms with Crippen LogP contribution in [0.25, 0.3) is 0 Å². The summed E-state index contributed by atoms with van der Waals surface area (Å²) in [5, 5.41) is 0. The molecule has 2 N–H and O–H groups in total. The summed E-state index contributed by atoms with van der Waals surface area (Å²) in [6, 6.07) is 8.56. The summed E-state index contributed by atoms with van der Waals surface area (Å²) >= 11 is 0. The molecule has 1 saturated heterocycles. The fourth-order valence-electron chi connectivity index (χ4n) is 2.07. The second-order valence-corrected chi connectivity index (χ2v) is 4.44. The van der Waals surface area contributed by atoms with Crippen molar-refractivity contribution in [3.05, 3.63) is 35.4 Å². The van der Waals surface area contributed by atoms with Gasteiger partial charge < -0.3 is 10.5 Å². The average molecular weight is 220 g/mol. The van der Waals surface area contributed by atoms with Crippen LogP contribution in [0.2, 0.25) is 0 Å². The number of benzene rings is 1. The molecule has 2 rings (SSSR count). The van der Waals surface area contributed by atoms with Crippen molar-refractivity contribution in [2.75, 3.05) is 19.7 Å². The van der Waals surface area contributed by atoms with E-state index in [1.807, 2.05) is 0 Å². The van der Waals surface area contributed by atoms with Gasteiger partial charge in [0.05, 0.1) is 12.7 Å². The average Bonchev–Trinajstić information content (AvgIpc) is 2.30. The van der Waals surface area contributed by atoms with E-state index in [1.54, 1.807) is 0 Å². The minimum absolute atomic E-state index is 0.358. The predicted molar refractivity (Wildman–Crippen MR) is 65.0 cm³/mol. The molecule has 1 heterocycles. The molecule has 0 radical (unpaired) electrons. The van der Waals surface area contributed by atoms with Crippen molar-refractivity contribution in [2.24, 2.45) is 5.73 Å². The normalized spacial score (nSPS) is 22.2. The Morgan fingerprint density at radius 1 is 1.31 bits per heavy atom. The van der Waals surface area contributed by atoms with Crippen molar-refractivity contribution < 1.29 is 4.74 Å². The molecule has 0 saturated carbocycles. The molecule has 0 bridgehead atoms. The Balaban J connectivity index is 1.92. The van der Waals surface area contributed by atoms with Crippen molar-refractivity contribution in [3.63, 3.8) is 0 Å². The van der Waals surface area contributed by atoms with Crippen LogP contribution in [0.1, 0.15) is 18.1 Å². The Kier molecular flexibility index (Phi) is 3.93. The molecule has 3 heteroatoms. The Bertz CT molecular complexity index is 323. The Morgan fingerprint density at radius 3 is 2.62 bits per heavy atom. The predicted octanol–water partition coefficient (Wildman–Crippen LogP) is 1.37. The van der Waals surface area contributed by atoms with Crippen LogP contribution in [0, 0.1) is 0 Å². The fourth-order valence-corrected chi connectivity index (χ4v) is 2.07. The largest absolute Gasteiger partial charge is 0.376 e. The first-order chi connectivity index (χ1) is 7.78. The van der Waals surface area contributed by atoms with Crippen molar-refractivity contribution in [1.82, 2.24) is 4.90 Å².